The summed E-state index contributed by atoms with van der Waals surface area (Å²) in [6, 6.07) is 5.68. The third-order valence-electron chi connectivity index (χ3n) is 3.44. The maximum absolute atomic E-state index is 9.43. The zero-order chi connectivity index (χ0) is 12.3. The summed E-state index contributed by atoms with van der Waals surface area (Å²) in [5, 5.41) is 22.0. The van der Waals surface area contributed by atoms with Gasteiger partial charge in [0.15, 0.2) is 11.5 Å². The highest BCUT2D eigenvalue weighted by Gasteiger charge is 2.17. The van der Waals surface area contributed by atoms with E-state index < -0.39 is 0 Å². The van der Waals surface area contributed by atoms with Crippen LogP contribution in [0.5, 0.6) is 11.5 Å². The minimum absolute atomic E-state index is 0.0346. The number of benzene rings is 1. The minimum Gasteiger partial charge on any atom is -0.504 e. The average Bonchev–Trinajstić information content (AvgIpc) is 2.35. The van der Waals surface area contributed by atoms with Crippen molar-refractivity contribution in [2.75, 3.05) is 20.1 Å². The second-order valence-corrected chi connectivity index (χ2v) is 4.66. The van der Waals surface area contributed by atoms with Crippen LogP contribution in [-0.2, 0) is 6.54 Å². The second-order valence-electron chi connectivity index (χ2n) is 4.66. The van der Waals surface area contributed by atoms with Crippen LogP contribution in [0, 0.1) is 0 Å². The molecule has 1 aliphatic rings. The maximum atomic E-state index is 9.43. The quantitative estimate of drug-likeness (QED) is 0.692. The molecule has 1 heterocycles. The average molecular weight is 236 g/mol. The maximum Gasteiger partial charge on any atom is 0.157 e. The van der Waals surface area contributed by atoms with Crippen LogP contribution in [0.1, 0.15) is 18.4 Å². The van der Waals surface area contributed by atoms with Crippen molar-refractivity contribution in [3.05, 3.63) is 23.8 Å². The third kappa shape index (κ3) is 3.11. The van der Waals surface area contributed by atoms with E-state index in [1.54, 1.807) is 12.1 Å². The summed E-state index contributed by atoms with van der Waals surface area (Å²) in [4.78, 5) is 2.37. The van der Waals surface area contributed by atoms with Crippen molar-refractivity contribution in [3.8, 4) is 11.5 Å². The summed E-state index contributed by atoms with van der Waals surface area (Å²) in [7, 11) is 2.01. The fraction of sp³-hybridized carbons (Fsp3) is 0.538. The molecule has 0 radical (unpaired) electrons. The van der Waals surface area contributed by atoms with Gasteiger partial charge in [-0.1, -0.05) is 6.07 Å². The van der Waals surface area contributed by atoms with E-state index in [0.29, 0.717) is 6.04 Å². The lowest BCUT2D eigenvalue weighted by molar-refractivity contribution is 0.194. The summed E-state index contributed by atoms with van der Waals surface area (Å²) >= 11 is 0. The lowest BCUT2D eigenvalue weighted by Crippen LogP contribution is -2.40. The van der Waals surface area contributed by atoms with Gasteiger partial charge in [0.05, 0.1) is 0 Å². The number of nitrogens with zero attached hydrogens (tertiary/aromatic N) is 1. The van der Waals surface area contributed by atoms with Gasteiger partial charge in [-0.2, -0.15) is 0 Å². The molecule has 17 heavy (non-hydrogen) atoms. The van der Waals surface area contributed by atoms with Crippen LogP contribution in [-0.4, -0.2) is 41.3 Å². The van der Waals surface area contributed by atoms with Crippen LogP contribution >= 0.6 is 0 Å². The van der Waals surface area contributed by atoms with Crippen LogP contribution in [0.4, 0.5) is 0 Å². The molecule has 1 aromatic carbocycles. The normalized spacial score (nSPS) is 18.4. The molecule has 1 aliphatic heterocycles. The first-order valence-corrected chi connectivity index (χ1v) is 6.09. The number of phenolic OH excluding ortho intramolecular Hbond substituents is 2. The van der Waals surface area contributed by atoms with Gasteiger partial charge in [-0.05, 0) is 50.7 Å². The molecule has 0 unspecified atom stereocenters. The standard InChI is InChI=1S/C13H20N2O2/c1-14-11-4-6-15(7-5-11)9-10-2-3-12(16)13(17)8-10/h2-3,8,11,14,16-17H,4-7,9H2,1H3. The van der Waals surface area contributed by atoms with Gasteiger partial charge < -0.3 is 15.5 Å². The van der Waals surface area contributed by atoms with Crippen molar-refractivity contribution < 1.29 is 10.2 Å². The Morgan fingerprint density at radius 1 is 1.24 bits per heavy atom. The molecule has 4 nitrogen and oxygen atoms in total. The predicted octanol–water partition coefficient (Wildman–Crippen LogP) is 1.28. The van der Waals surface area contributed by atoms with E-state index in [2.05, 4.69) is 10.2 Å². The lowest BCUT2D eigenvalue weighted by atomic mass is 10.0. The molecule has 0 saturated carbocycles. The summed E-state index contributed by atoms with van der Waals surface area (Å²) in [6.07, 6.45) is 2.33. The molecule has 1 saturated heterocycles. The molecule has 0 atom stereocenters. The van der Waals surface area contributed by atoms with E-state index in [9.17, 15) is 10.2 Å². The van der Waals surface area contributed by atoms with Gasteiger partial charge in [0.25, 0.3) is 0 Å². The number of nitrogens with one attached hydrogen (secondary N) is 1. The number of aromatic hydroxyl groups is 2. The molecule has 0 amide bonds. The van der Waals surface area contributed by atoms with E-state index in [4.69, 9.17) is 0 Å². The number of hydrogen-bond acceptors (Lipinski definition) is 4. The first-order chi connectivity index (χ1) is 8.19. The van der Waals surface area contributed by atoms with Crippen molar-refractivity contribution in [2.45, 2.75) is 25.4 Å². The highest BCUT2D eigenvalue weighted by Crippen LogP contribution is 2.25. The fourth-order valence-corrected chi connectivity index (χ4v) is 2.31. The number of phenols is 2. The van der Waals surface area contributed by atoms with Gasteiger partial charge in [-0.25, -0.2) is 0 Å². The number of piperidine rings is 1. The van der Waals surface area contributed by atoms with E-state index >= 15 is 0 Å². The Balaban J connectivity index is 1.91. The topological polar surface area (TPSA) is 55.7 Å². The molecule has 1 fully saturated rings. The molecule has 2 rings (SSSR count). The minimum atomic E-state index is -0.0531. The van der Waals surface area contributed by atoms with Crippen LogP contribution in [0.25, 0.3) is 0 Å². The molecule has 4 heteroatoms. The van der Waals surface area contributed by atoms with Gasteiger partial charge in [0.2, 0.25) is 0 Å². The van der Waals surface area contributed by atoms with Crippen molar-refractivity contribution in [3.63, 3.8) is 0 Å². The predicted molar refractivity (Wildman–Crippen MR) is 67.1 cm³/mol. The molecular weight excluding hydrogens is 216 g/mol. The van der Waals surface area contributed by atoms with Crippen LogP contribution in [0.15, 0.2) is 18.2 Å². The van der Waals surface area contributed by atoms with E-state index in [1.807, 2.05) is 13.1 Å². The van der Waals surface area contributed by atoms with Gasteiger partial charge in [0.1, 0.15) is 0 Å². The van der Waals surface area contributed by atoms with Gasteiger partial charge in [-0.3, -0.25) is 4.90 Å². The van der Waals surface area contributed by atoms with Crippen molar-refractivity contribution >= 4 is 0 Å². The third-order valence-corrected chi connectivity index (χ3v) is 3.44. The van der Waals surface area contributed by atoms with E-state index in [0.717, 1.165) is 25.2 Å². The Kier molecular flexibility index (Phi) is 3.86. The van der Waals surface area contributed by atoms with E-state index in [-0.39, 0.29) is 11.5 Å². The Morgan fingerprint density at radius 2 is 1.94 bits per heavy atom. The molecule has 0 bridgehead atoms. The number of hydrogen-bond donors (Lipinski definition) is 3. The molecule has 0 aliphatic carbocycles. The van der Waals surface area contributed by atoms with Crippen molar-refractivity contribution in [1.82, 2.24) is 10.2 Å². The monoisotopic (exact) mass is 236 g/mol. The van der Waals surface area contributed by atoms with Crippen LogP contribution in [0.3, 0.4) is 0 Å². The Morgan fingerprint density at radius 3 is 2.53 bits per heavy atom. The molecule has 94 valence electrons. The molecular formula is C13H20N2O2. The Hall–Kier alpha value is -1.26. The largest absolute Gasteiger partial charge is 0.504 e. The van der Waals surface area contributed by atoms with Crippen molar-refractivity contribution in [2.24, 2.45) is 0 Å². The SMILES string of the molecule is CNC1CCN(Cc2ccc(O)c(O)c2)CC1. The summed E-state index contributed by atoms with van der Waals surface area (Å²) in [6.45, 7) is 2.99. The first kappa shape index (κ1) is 12.2. The summed E-state index contributed by atoms with van der Waals surface area (Å²) < 4.78 is 0. The molecule has 0 aromatic heterocycles. The van der Waals surface area contributed by atoms with Gasteiger partial charge >= 0.3 is 0 Å². The zero-order valence-corrected chi connectivity index (χ0v) is 10.2. The number of likely N-dealkylation sites (tertiary alicyclic amines) is 1. The highest BCUT2D eigenvalue weighted by atomic mass is 16.3. The summed E-state index contributed by atoms with van der Waals surface area (Å²) in [5.74, 6) is -0.0877. The molecule has 0 spiro atoms. The molecule has 1 aromatic rings. The summed E-state index contributed by atoms with van der Waals surface area (Å²) in [5.41, 5.74) is 1.04. The molecule has 3 N–H and O–H groups in total. The lowest BCUT2D eigenvalue weighted by Gasteiger charge is -2.31. The van der Waals surface area contributed by atoms with Crippen LogP contribution < -0.4 is 5.32 Å². The van der Waals surface area contributed by atoms with Crippen molar-refractivity contribution in [1.29, 1.82) is 0 Å². The highest BCUT2D eigenvalue weighted by molar-refractivity contribution is 5.40. The Bertz CT molecular complexity index is 374. The second kappa shape index (κ2) is 5.38. The fourth-order valence-electron chi connectivity index (χ4n) is 2.31. The van der Waals surface area contributed by atoms with Crippen LogP contribution in [0.2, 0.25) is 0 Å². The smallest absolute Gasteiger partial charge is 0.157 e. The first-order valence-electron chi connectivity index (χ1n) is 6.09. The zero-order valence-electron chi connectivity index (χ0n) is 10.2. The Labute approximate surface area is 102 Å². The van der Waals surface area contributed by atoms with E-state index in [1.165, 1.54) is 12.8 Å². The number of rotatable bonds is 3. The van der Waals surface area contributed by atoms with Gasteiger partial charge in [-0.15, -0.1) is 0 Å². The van der Waals surface area contributed by atoms with Gasteiger partial charge in [0, 0.05) is 12.6 Å².